The first kappa shape index (κ1) is 10.8. The van der Waals surface area contributed by atoms with Gasteiger partial charge in [0.05, 0.1) is 0 Å². The van der Waals surface area contributed by atoms with Crippen LogP contribution < -0.4 is 0 Å². The van der Waals surface area contributed by atoms with Gasteiger partial charge in [-0.3, -0.25) is 4.79 Å². The lowest BCUT2D eigenvalue weighted by Gasteiger charge is -1.99. The first-order valence-corrected chi connectivity index (χ1v) is 5.29. The van der Waals surface area contributed by atoms with Crippen LogP contribution in [0.5, 0.6) is 0 Å². The number of oxime groups is 1. The van der Waals surface area contributed by atoms with Crippen LogP contribution in [0.3, 0.4) is 0 Å². The first-order chi connectivity index (χ1) is 6.69. The number of rotatable bonds is 3. The fraction of sp³-hybridized carbons (Fsp3) is 0.200. The molecule has 0 fully saturated rings. The summed E-state index contributed by atoms with van der Waals surface area (Å²) in [5.74, 6) is -0.250. The highest BCUT2D eigenvalue weighted by atomic mass is 32.2. The third kappa shape index (κ3) is 2.35. The third-order valence-electron chi connectivity index (χ3n) is 1.83. The number of ketones is 1. The summed E-state index contributed by atoms with van der Waals surface area (Å²) in [6.07, 6.45) is 1.97. The van der Waals surface area contributed by atoms with Crippen molar-refractivity contribution in [3.8, 4) is 0 Å². The second-order valence-electron chi connectivity index (χ2n) is 2.74. The van der Waals surface area contributed by atoms with Crippen LogP contribution in [0, 0.1) is 0 Å². The largest absolute Gasteiger partial charge is 0.411 e. The number of Topliss-reactive ketones (excluding diaryl/α,β-unsaturated/α-hetero) is 1. The van der Waals surface area contributed by atoms with E-state index >= 15 is 0 Å². The van der Waals surface area contributed by atoms with E-state index in [9.17, 15) is 4.79 Å². The Bertz CT molecular complexity index is 357. The van der Waals surface area contributed by atoms with Gasteiger partial charge in [0, 0.05) is 10.5 Å². The molecule has 0 amide bonds. The average molecular weight is 209 g/mol. The zero-order valence-electron chi connectivity index (χ0n) is 8.02. The standard InChI is InChI=1S/C10H11NO2S/c1-7(11-13)10(12)8-3-5-9(14-2)6-4-8/h3-6,13H,1-2H3. The lowest BCUT2D eigenvalue weighted by Crippen LogP contribution is -2.10. The van der Waals surface area contributed by atoms with Crippen molar-refractivity contribution >= 4 is 23.3 Å². The van der Waals surface area contributed by atoms with Crippen LogP contribution in [-0.2, 0) is 0 Å². The predicted molar refractivity (Wildman–Crippen MR) is 57.4 cm³/mol. The molecule has 1 rings (SSSR count). The second-order valence-corrected chi connectivity index (χ2v) is 3.62. The van der Waals surface area contributed by atoms with Gasteiger partial charge in [-0.25, -0.2) is 0 Å². The number of hydrogen-bond donors (Lipinski definition) is 1. The number of carbonyl (C=O) groups excluding carboxylic acids is 1. The fourth-order valence-electron chi connectivity index (χ4n) is 0.997. The lowest BCUT2D eigenvalue weighted by atomic mass is 10.1. The molecule has 1 N–H and O–H groups in total. The second kappa shape index (κ2) is 4.81. The van der Waals surface area contributed by atoms with Crippen LogP contribution in [0.2, 0.25) is 0 Å². The molecule has 0 saturated heterocycles. The third-order valence-corrected chi connectivity index (χ3v) is 2.57. The van der Waals surface area contributed by atoms with Gasteiger partial charge in [-0.05, 0) is 37.4 Å². The molecule has 0 bridgehead atoms. The molecule has 1 aromatic carbocycles. The van der Waals surface area contributed by atoms with Gasteiger partial charge in [0.15, 0.2) is 0 Å². The molecule has 0 atom stereocenters. The maximum atomic E-state index is 11.5. The summed E-state index contributed by atoms with van der Waals surface area (Å²) in [4.78, 5) is 12.6. The minimum absolute atomic E-state index is 0.0990. The normalized spacial score (nSPS) is 11.4. The molecule has 4 heteroatoms. The molecule has 0 aromatic heterocycles. The molecule has 0 radical (unpaired) electrons. The molecular formula is C10H11NO2S. The van der Waals surface area contributed by atoms with Gasteiger partial charge in [-0.15, -0.1) is 11.8 Å². The Morgan fingerprint density at radius 1 is 1.36 bits per heavy atom. The minimum Gasteiger partial charge on any atom is -0.411 e. The summed E-state index contributed by atoms with van der Waals surface area (Å²) >= 11 is 1.61. The molecule has 3 nitrogen and oxygen atoms in total. The topological polar surface area (TPSA) is 49.7 Å². The number of nitrogens with zero attached hydrogens (tertiary/aromatic N) is 1. The average Bonchev–Trinajstić information content (AvgIpc) is 2.27. The van der Waals surface area contributed by atoms with E-state index in [2.05, 4.69) is 5.16 Å². The quantitative estimate of drug-likeness (QED) is 0.273. The summed E-state index contributed by atoms with van der Waals surface area (Å²) in [6.45, 7) is 1.48. The molecule has 0 unspecified atom stereocenters. The Morgan fingerprint density at radius 3 is 2.36 bits per heavy atom. The number of thioether (sulfide) groups is 1. The first-order valence-electron chi connectivity index (χ1n) is 4.06. The molecular weight excluding hydrogens is 198 g/mol. The van der Waals surface area contributed by atoms with Gasteiger partial charge in [-0.1, -0.05) is 5.16 Å². The van der Waals surface area contributed by atoms with Crippen molar-refractivity contribution in [2.75, 3.05) is 6.26 Å². The maximum Gasteiger partial charge on any atom is 0.210 e. The van der Waals surface area contributed by atoms with Crippen LogP contribution in [0.15, 0.2) is 34.3 Å². The predicted octanol–water partition coefficient (Wildman–Crippen LogP) is 2.44. The molecule has 0 aliphatic heterocycles. The van der Waals surface area contributed by atoms with Gasteiger partial charge in [-0.2, -0.15) is 0 Å². The van der Waals surface area contributed by atoms with Crippen molar-refractivity contribution in [1.29, 1.82) is 0 Å². The van der Waals surface area contributed by atoms with Crippen molar-refractivity contribution in [3.63, 3.8) is 0 Å². The van der Waals surface area contributed by atoms with Crippen molar-refractivity contribution in [1.82, 2.24) is 0 Å². The van der Waals surface area contributed by atoms with Crippen LogP contribution in [-0.4, -0.2) is 23.0 Å². The number of hydrogen-bond acceptors (Lipinski definition) is 4. The molecule has 14 heavy (non-hydrogen) atoms. The van der Waals surface area contributed by atoms with Gasteiger partial charge >= 0.3 is 0 Å². The van der Waals surface area contributed by atoms with Gasteiger partial charge in [0.2, 0.25) is 5.78 Å². The molecule has 1 aromatic rings. The zero-order chi connectivity index (χ0) is 10.6. The van der Waals surface area contributed by atoms with Crippen LogP contribution in [0.25, 0.3) is 0 Å². The lowest BCUT2D eigenvalue weighted by molar-refractivity contribution is 0.106. The summed E-state index contributed by atoms with van der Waals surface area (Å²) in [7, 11) is 0. The Balaban J connectivity index is 2.92. The molecule has 74 valence electrons. The maximum absolute atomic E-state index is 11.5. The highest BCUT2D eigenvalue weighted by molar-refractivity contribution is 7.98. The molecule has 0 saturated carbocycles. The van der Waals surface area contributed by atoms with Gasteiger partial charge in [0.1, 0.15) is 5.71 Å². The van der Waals surface area contributed by atoms with E-state index in [0.29, 0.717) is 5.56 Å². The van der Waals surface area contributed by atoms with E-state index in [-0.39, 0.29) is 11.5 Å². The van der Waals surface area contributed by atoms with E-state index in [1.54, 1.807) is 23.9 Å². The summed E-state index contributed by atoms with van der Waals surface area (Å²) in [6, 6.07) is 7.18. The van der Waals surface area contributed by atoms with Crippen molar-refractivity contribution in [2.45, 2.75) is 11.8 Å². The van der Waals surface area contributed by atoms with Crippen molar-refractivity contribution in [2.24, 2.45) is 5.16 Å². The Hall–Kier alpha value is -1.29. The van der Waals surface area contributed by atoms with Crippen molar-refractivity contribution in [3.05, 3.63) is 29.8 Å². The molecule has 0 heterocycles. The van der Waals surface area contributed by atoms with Crippen LogP contribution in [0.4, 0.5) is 0 Å². The Labute approximate surface area is 86.8 Å². The zero-order valence-corrected chi connectivity index (χ0v) is 8.84. The minimum atomic E-state index is -0.250. The monoisotopic (exact) mass is 209 g/mol. The van der Waals surface area contributed by atoms with E-state index < -0.39 is 0 Å². The highest BCUT2D eigenvalue weighted by Gasteiger charge is 2.09. The van der Waals surface area contributed by atoms with Gasteiger partial charge in [0.25, 0.3) is 0 Å². The van der Waals surface area contributed by atoms with Crippen LogP contribution >= 0.6 is 11.8 Å². The highest BCUT2D eigenvalue weighted by Crippen LogP contribution is 2.15. The summed E-state index contributed by atoms with van der Waals surface area (Å²) in [5.41, 5.74) is 0.639. The SMILES string of the molecule is CSc1ccc(C(=O)C(C)=NO)cc1. The smallest absolute Gasteiger partial charge is 0.210 e. The Morgan fingerprint density at radius 2 is 1.93 bits per heavy atom. The summed E-state index contributed by atoms with van der Waals surface area (Å²) < 4.78 is 0. The number of carbonyl (C=O) groups is 1. The number of benzene rings is 1. The van der Waals surface area contributed by atoms with E-state index in [4.69, 9.17) is 5.21 Å². The molecule has 0 aliphatic carbocycles. The fourth-order valence-corrected chi connectivity index (χ4v) is 1.40. The Kier molecular flexibility index (Phi) is 3.71. The summed E-state index contributed by atoms with van der Waals surface area (Å²) in [5, 5.41) is 11.3. The molecule has 0 spiro atoms. The van der Waals surface area contributed by atoms with Crippen LogP contribution in [0.1, 0.15) is 17.3 Å². The van der Waals surface area contributed by atoms with Crippen molar-refractivity contribution < 1.29 is 10.0 Å². The van der Waals surface area contributed by atoms with E-state index in [1.165, 1.54) is 6.92 Å². The van der Waals surface area contributed by atoms with E-state index in [0.717, 1.165) is 4.90 Å². The van der Waals surface area contributed by atoms with E-state index in [1.807, 2.05) is 18.4 Å². The molecule has 0 aliphatic rings. The van der Waals surface area contributed by atoms with Gasteiger partial charge < -0.3 is 5.21 Å².